The van der Waals surface area contributed by atoms with Gasteiger partial charge in [0.15, 0.2) is 0 Å². The SMILES string of the molecule is C[C@H](N[S+]([O-])C(C)(C)C)c1cc(C(F)F)ccc1F. The average molecular weight is 293 g/mol. The van der Waals surface area contributed by atoms with Crippen LogP contribution >= 0.6 is 0 Å². The first-order valence-electron chi connectivity index (χ1n) is 5.88. The van der Waals surface area contributed by atoms with Gasteiger partial charge in [-0.05, 0) is 39.8 Å². The first-order valence-corrected chi connectivity index (χ1v) is 7.03. The minimum Gasteiger partial charge on any atom is -0.598 e. The Morgan fingerprint density at radius 2 is 1.84 bits per heavy atom. The third-order valence-electron chi connectivity index (χ3n) is 2.58. The van der Waals surface area contributed by atoms with E-state index >= 15 is 0 Å². The minimum absolute atomic E-state index is 0.0930. The summed E-state index contributed by atoms with van der Waals surface area (Å²) in [6.45, 7) is 6.91. The van der Waals surface area contributed by atoms with Gasteiger partial charge in [-0.15, -0.1) is 4.72 Å². The van der Waals surface area contributed by atoms with Crippen LogP contribution in [0.3, 0.4) is 0 Å². The Balaban J connectivity index is 2.93. The van der Waals surface area contributed by atoms with Crippen molar-refractivity contribution in [3.05, 3.63) is 35.1 Å². The second kappa shape index (κ2) is 6.15. The number of rotatable bonds is 4. The van der Waals surface area contributed by atoms with E-state index in [1.54, 1.807) is 27.7 Å². The summed E-state index contributed by atoms with van der Waals surface area (Å²) < 4.78 is 53.0. The molecule has 0 heterocycles. The van der Waals surface area contributed by atoms with Gasteiger partial charge in [0.05, 0.1) is 6.04 Å². The highest BCUT2D eigenvalue weighted by molar-refractivity contribution is 7.90. The van der Waals surface area contributed by atoms with Crippen molar-refractivity contribution in [3.63, 3.8) is 0 Å². The van der Waals surface area contributed by atoms with Crippen molar-refractivity contribution in [2.45, 2.75) is 44.9 Å². The standard InChI is InChI=1S/C13H18F3NOS/c1-8(17-19(18)13(2,3)4)10-7-9(12(15)16)5-6-11(10)14/h5-8,12,17H,1-4H3/t8-,19?/m0/s1. The highest BCUT2D eigenvalue weighted by Crippen LogP contribution is 2.26. The molecule has 0 aromatic heterocycles. The Morgan fingerprint density at radius 1 is 1.26 bits per heavy atom. The van der Waals surface area contributed by atoms with Crippen molar-refractivity contribution in [3.8, 4) is 0 Å². The molecule has 1 unspecified atom stereocenters. The Hall–Kier alpha value is -0.720. The van der Waals surface area contributed by atoms with Crippen LogP contribution in [0.4, 0.5) is 13.2 Å². The molecule has 0 aliphatic carbocycles. The number of halogens is 3. The van der Waals surface area contributed by atoms with Crippen LogP contribution in [0.15, 0.2) is 18.2 Å². The van der Waals surface area contributed by atoms with Gasteiger partial charge < -0.3 is 4.55 Å². The zero-order valence-electron chi connectivity index (χ0n) is 11.3. The van der Waals surface area contributed by atoms with Crippen molar-refractivity contribution < 1.29 is 17.7 Å². The van der Waals surface area contributed by atoms with E-state index in [1.165, 1.54) is 0 Å². The quantitative estimate of drug-likeness (QED) is 0.855. The van der Waals surface area contributed by atoms with Crippen LogP contribution in [0.2, 0.25) is 0 Å². The molecule has 0 saturated heterocycles. The monoisotopic (exact) mass is 293 g/mol. The lowest BCUT2D eigenvalue weighted by Crippen LogP contribution is -2.40. The van der Waals surface area contributed by atoms with E-state index in [9.17, 15) is 17.7 Å². The van der Waals surface area contributed by atoms with Crippen LogP contribution in [0.1, 0.15) is 51.3 Å². The minimum atomic E-state index is -2.65. The van der Waals surface area contributed by atoms with Crippen LogP contribution in [-0.4, -0.2) is 9.30 Å². The van der Waals surface area contributed by atoms with Gasteiger partial charge >= 0.3 is 0 Å². The summed E-state index contributed by atoms with van der Waals surface area (Å²) in [6, 6.07) is 2.56. The molecule has 0 fully saturated rings. The fraction of sp³-hybridized carbons (Fsp3) is 0.538. The molecule has 0 radical (unpaired) electrons. The molecule has 0 amide bonds. The first-order chi connectivity index (χ1) is 8.62. The van der Waals surface area contributed by atoms with Crippen LogP contribution in [0.25, 0.3) is 0 Å². The number of benzene rings is 1. The first kappa shape index (κ1) is 16.3. The van der Waals surface area contributed by atoms with Crippen LogP contribution in [0, 0.1) is 5.82 Å². The number of hydrogen-bond donors (Lipinski definition) is 1. The third-order valence-corrected chi connectivity index (χ3v) is 4.26. The molecule has 1 aromatic rings. The molecule has 2 atom stereocenters. The Bertz CT molecular complexity index is 434. The average Bonchev–Trinajstić information content (AvgIpc) is 2.27. The Kier molecular flexibility index (Phi) is 5.29. The maximum absolute atomic E-state index is 13.6. The smallest absolute Gasteiger partial charge is 0.263 e. The number of hydrogen-bond acceptors (Lipinski definition) is 2. The Labute approximate surface area is 114 Å². The van der Waals surface area contributed by atoms with E-state index in [-0.39, 0.29) is 11.1 Å². The highest BCUT2D eigenvalue weighted by Gasteiger charge is 2.29. The summed E-state index contributed by atoms with van der Waals surface area (Å²) in [7, 11) is 0. The molecule has 1 aromatic carbocycles. The highest BCUT2D eigenvalue weighted by atomic mass is 32.2. The van der Waals surface area contributed by atoms with E-state index in [4.69, 9.17) is 0 Å². The lowest BCUT2D eigenvalue weighted by atomic mass is 10.1. The van der Waals surface area contributed by atoms with Gasteiger partial charge in [0.25, 0.3) is 6.43 Å². The van der Waals surface area contributed by atoms with Gasteiger partial charge in [0.1, 0.15) is 10.6 Å². The maximum Gasteiger partial charge on any atom is 0.263 e. The molecule has 0 bridgehead atoms. The summed E-state index contributed by atoms with van der Waals surface area (Å²) in [5.41, 5.74) is -0.151. The van der Waals surface area contributed by atoms with E-state index in [0.29, 0.717) is 0 Å². The van der Waals surface area contributed by atoms with Gasteiger partial charge in [-0.25, -0.2) is 13.2 Å². The molecule has 0 aliphatic heterocycles. The molecule has 1 rings (SSSR count). The van der Waals surface area contributed by atoms with Crippen molar-refractivity contribution in [1.29, 1.82) is 0 Å². The fourth-order valence-electron chi connectivity index (χ4n) is 1.43. The Morgan fingerprint density at radius 3 is 2.32 bits per heavy atom. The second-order valence-electron chi connectivity index (χ2n) is 5.30. The van der Waals surface area contributed by atoms with E-state index in [0.717, 1.165) is 18.2 Å². The molecule has 108 valence electrons. The third kappa shape index (κ3) is 4.40. The van der Waals surface area contributed by atoms with E-state index < -0.39 is 34.4 Å². The van der Waals surface area contributed by atoms with Gasteiger partial charge in [0, 0.05) is 22.5 Å². The van der Waals surface area contributed by atoms with Crippen LogP contribution in [-0.2, 0) is 11.4 Å². The van der Waals surface area contributed by atoms with E-state index in [2.05, 4.69) is 4.72 Å². The van der Waals surface area contributed by atoms with Crippen LogP contribution < -0.4 is 4.72 Å². The predicted octanol–water partition coefficient (Wildman–Crippen LogP) is 3.88. The molecule has 1 N–H and O–H groups in total. The van der Waals surface area contributed by atoms with Gasteiger partial charge in [-0.1, -0.05) is 6.07 Å². The topological polar surface area (TPSA) is 35.1 Å². The molecular formula is C13H18F3NOS. The summed E-state index contributed by atoms with van der Waals surface area (Å²) >= 11 is -1.40. The van der Waals surface area contributed by atoms with Crippen molar-refractivity contribution in [2.24, 2.45) is 0 Å². The van der Waals surface area contributed by atoms with Crippen LogP contribution in [0.5, 0.6) is 0 Å². The van der Waals surface area contributed by atoms with Gasteiger partial charge in [-0.2, -0.15) is 0 Å². The summed E-state index contributed by atoms with van der Waals surface area (Å²) in [5.74, 6) is -0.588. The zero-order chi connectivity index (χ0) is 14.8. The molecular weight excluding hydrogens is 275 g/mol. The maximum atomic E-state index is 13.6. The van der Waals surface area contributed by atoms with E-state index in [1.807, 2.05) is 0 Å². The number of alkyl halides is 2. The van der Waals surface area contributed by atoms with Gasteiger partial charge in [0.2, 0.25) is 0 Å². The molecule has 2 nitrogen and oxygen atoms in total. The molecule has 0 saturated carbocycles. The van der Waals surface area contributed by atoms with Crippen molar-refractivity contribution >= 4 is 11.4 Å². The molecule has 0 aliphatic rings. The van der Waals surface area contributed by atoms with Crippen molar-refractivity contribution in [2.75, 3.05) is 0 Å². The second-order valence-corrected chi connectivity index (χ2v) is 7.30. The van der Waals surface area contributed by atoms with Crippen molar-refractivity contribution in [1.82, 2.24) is 4.72 Å². The summed E-state index contributed by atoms with van der Waals surface area (Å²) in [4.78, 5) is 0. The number of nitrogens with one attached hydrogen (secondary N) is 1. The molecule has 6 heteroatoms. The zero-order valence-corrected chi connectivity index (χ0v) is 12.2. The molecule has 19 heavy (non-hydrogen) atoms. The lowest BCUT2D eigenvalue weighted by Gasteiger charge is -2.26. The molecule has 0 spiro atoms. The largest absolute Gasteiger partial charge is 0.598 e. The normalized spacial score (nSPS) is 15.6. The summed E-state index contributed by atoms with van der Waals surface area (Å²) in [6.07, 6.45) is -2.65. The summed E-state index contributed by atoms with van der Waals surface area (Å²) in [5, 5.41) is 0. The van der Waals surface area contributed by atoms with Gasteiger partial charge in [-0.3, -0.25) is 0 Å². The fourth-order valence-corrected chi connectivity index (χ4v) is 2.23. The predicted molar refractivity (Wildman–Crippen MR) is 70.8 cm³/mol. The lowest BCUT2D eigenvalue weighted by molar-refractivity contribution is 0.151.